The summed E-state index contributed by atoms with van der Waals surface area (Å²) in [4.78, 5) is 23.4. The number of pyridine rings is 1. The van der Waals surface area contributed by atoms with Crippen LogP contribution in [-0.2, 0) is 9.47 Å². The van der Waals surface area contributed by atoms with Crippen LogP contribution in [0, 0.1) is 0 Å². The zero-order chi connectivity index (χ0) is 21.4. The molecule has 0 bridgehead atoms. The molecule has 1 aromatic heterocycles. The standard InChI is InChI=1S/C21H33BrN4O3/c1-20(2,3)28-16-13-26(14-16)17-11-15(22)12-23-18(17)24-7-9-25(10-8-24)19(27)29-21(4,5)6/h11-12,16H,7-10,13-14H2,1-6H3. The predicted molar refractivity (Wildman–Crippen MR) is 119 cm³/mol. The van der Waals surface area contributed by atoms with E-state index in [2.05, 4.69) is 52.6 Å². The number of carbonyl (C=O) groups excluding carboxylic acids is 1. The Morgan fingerprint density at radius 2 is 1.66 bits per heavy atom. The number of nitrogens with zero attached hydrogens (tertiary/aromatic N) is 4. The van der Waals surface area contributed by atoms with Gasteiger partial charge < -0.3 is 24.2 Å². The van der Waals surface area contributed by atoms with Gasteiger partial charge in [-0.15, -0.1) is 0 Å². The van der Waals surface area contributed by atoms with Crippen molar-refractivity contribution < 1.29 is 14.3 Å². The third-order valence-electron chi connectivity index (χ3n) is 4.75. The van der Waals surface area contributed by atoms with Crippen LogP contribution < -0.4 is 9.80 Å². The fraction of sp³-hybridized carbons (Fsp3) is 0.714. The number of hydrogen-bond donors (Lipinski definition) is 0. The van der Waals surface area contributed by atoms with Crippen LogP contribution in [0.15, 0.2) is 16.7 Å². The molecule has 0 saturated carbocycles. The molecule has 2 saturated heterocycles. The second kappa shape index (κ2) is 8.30. The number of hydrogen-bond acceptors (Lipinski definition) is 6. The Morgan fingerprint density at radius 1 is 1.03 bits per heavy atom. The zero-order valence-corrected chi connectivity index (χ0v) is 20.0. The lowest BCUT2D eigenvalue weighted by molar-refractivity contribution is -0.0701. The molecular formula is C21H33BrN4O3. The topological polar surface area (TPSA) is 58.1 Å². The molecule has 0 radical (unpaired) electrons. The smallest absolute Gasteiger partial charge is 0.410 e. The van der Waals surface area contributed by atoms with Crippen LogP contribution >= 0.6 is 15.9 Å². The lowest BCUT2D eigenvalue weighted by atomic mass is 10.1. The SMILES string of the molecule is CC(C)(C)OC(=O)N1CCN(c2ncc(Br)cc2N2CC(OC(C)(C)C)C2)CC1. The molecule has 0 atom stereocenters. The number of carbonyl (C=O) groups is 1. The summed E-state index contributed by atoms with van der Waals surface area (Å²) < 4.78 is 12.5. The third-order valence-corrected chi connectivity index (χ3v) is 5.19. The van der Waals surface area contributed by atoms with Crippen LogP contribution in [-0.4, -0.2) is 72.6 Å². The lowest BCUT2D eigenvalue weighted by Gasteiger charge is -2.45. The van der Waals surface area contributed by atoms with E-state index in [4.69, 9.17) is 14.5 Å². The average molecular weight is 469 g/mol. The van der Waals surface area contributed by atoms with Crippen LogP contribution in [0.2, 0.25) is 0 Å². The minimum atomic E-state index is -0.474. The van der Waals surface area contributed by atoms with E-state index < -0.39 is 5.60 Å². The van der Waals surface area contributed by atoms with Crippen LogP contribution in [0.4, 0.5) is 16.3 Å². The molecule has 29 heavy (non-hydrogen) atoms. The number of piperazine rings is 1. The summed E-state index contributed by atoms with van der Waals surface area (Å²) in [6.45, 7) is 16.4. The molecule has 0 spiro atoms. The van der Waals surface area contributed by atoms with Gasteiger partial charge in [0.2, 0.25) is 0 Å². The van der Waals surface area contributed by atoms with E-state index in [9.17, 15) is 4.79 Å². The molecule has 0 aromatic carbocycles. The van der Waals surface area contributed by atoms with Gasteiger partial charge in [0.15, 0.2) is 5.82 Å². The molecule has 3 heterocycles. The van der Waals surface area contributed by atoms with Crippen LogP contribution in [0.1, 0.15) is 41.5 Å². The molecule has 7 nitrogen and oxygen atoms in total. The van der Waals surface area contributed by atoms with Gasteiger partial charge in [-0.3, -0.25) is 0 Å². The second-order valence-corrected chi connectivity index (χ2v) is 10.6. The largest absolute Gasteiger partial charge is 0.444 e. The third kappa shape index (κ3) is 5.98. The molecule has 2 aliphatic rings. The molecule has 3 rings (SSSR count). The van der Waals surface area contributed by atoms with Gasteiger partial charge >= 0.3 is 6.09 Å². The Labute approximate surface area is 182 Å². The van der Waals surface area contributed by atoms with Crippen LogP contribution in [0.3, 0.4) is 0 Å². The van der Waals surface area contributed by atoms with E-state index in [-0.39, 0.29) is 17.8 Å². The highest BCUT2D eigenvalue weighted by atomic mass is 79.9. The maximum Gasteiger partial charge on any atom is 0.410 e. The first-order chi connectivity index (χ1) is 13.4. The average Bonchev–Trinajstić information content (AvgIpc) is 2.55. The highest BCUT2D eigenvalue weighted by Crippen LogP contribution is 2.35. The van der Waals surface area contributed by atoms with Crippen molar-refractivity contribution in [3.05, 3.63) is 16.7 Å². The fourth-order valence-electron chi connectivity index (χ4n) is 3.53. The maximum atomic E-state index is 12.3. The Morgan fingerprint density at radius 3 is 2.21 bits per heavy atom. The molecular weight excluding hydrogens is 436 g/mol. The molecule has 0 N–H and O–H groups in total. The minimum Gasteiger partial charge on any atom is -0.444 e. The molecule has 0 unspecified atom stereocenters. The van der Waals surface area contributed by atoms with Crippen molar-refractivity contribution in [2.24, 2.45) is 0 Å². The number of anilines is 2. The van der Waals surface area contributed by atoms with Gasteiger partial charge in [-0.25, -0.2) is 9.78 Å². The van der Waals surface area contributed by atoms with E-state index in [1.54, 1.807) is 4.90 Å². The van der Waals surface area contributed by atoms with Gasteiger partial charge in [0.25, 0.3) is 0 Å². The summed E-state index contributed by atoms with van der Waals surface area (Å²) in [7, 11) is 0. The fourth-order valence-corrected chi connectivity index (χ4v) is 3.85. The summed E-state index contributed by atoms with van der Waals surface area (Å²) >= 11 is 3.55. The molecule has 1 aromatic rings. The Balaban J connectivity index is 1.63. The first-order valence-electron chi connectivity index (χ1n) is 10.2. The van der Waals surface area contributed by atoms with Gasteiger partial charge in [0.05, 0.1) is 17.4 Å². The molecule has 8 heteroatoms. The first kappa shape index (κ1) is 22.2. The van der Waals surface area contributed by atoms with Crippen molar-refractivity contribution in [3.8, 4) is 0 Å². The highest BCUT2D eigenvalue weighted by molar-refractivity contribution is 9.10. The zero-order valence-electron chi connectivity index (χ0n) is 18.4. The van der Waals surface area contributed by atoms with E-state index in [0.29, 0.717) is 13.1 Å². The van der Waals surface area contributed by atoms with Gasteiger partial charge in [-0.05, 0) is 63.5 Å². The predicted octanol–water partition coefficient (Wildman–Crippen LogP) is 3.90. The van der Waals surface area contributed by atoms with Gasteiger partial charge in [0, 0.05) is 49.9 Å². The quantitative estimate of drug-likeness (QED) is 0.670. The minimum absolute atomic E-state index is 0.132. The van der Waals surface area contributed by atoms with E-state index in [0.717, 1.165) is 42.2 Å². The van der Waals surface area contributed by atoms with Crippen molar-refractivity contribution >= 4 is 33.5 Å². The van der Waals surface area contributed by atoms with Gasteiger partial charge in [-0.1, -0.05) is 0 Å². The van der Waals surface area contributed by atoms with Gasteiger partial charge in [-0.2, -0.15) is 0 Å². The second-order valence-electron chi connectivity index (χ2n) is 9.71. The molecule has 0 aliphatic carbocycles. The van der Waals surface area contributed by atoms with Crippen molar-refractivity contribution in [3.63, 3.8) is 0 Å². The van der Waals surface area contributed by atoms with E-state index in [1.807, 2.05) is 27.0 Å². The van der Waals surface area contributed by atoms with Gasteiger partial charge in [0.1, 0.15) is 5.60 Å². The Bertz CT molecular complexity index is 730. The monoisotopic (exact) mass is 468 g/mol. The summed E-state index contributed by atoms with van der Waals surface area (Å²) in [5, 5.41) is 0. The molecule has 162 valence electrons. The first-order valence-corrected chi connectivity index (χ1v) is 11.0. The maximum absolute atomic E-state index is 12.3. The summed E-state index contributed by atoms with van der Waals surface area (Å²) in [6, 6.07) is 2.12. The summed E-state index contributed by atoms with van der Waals surface area (Å²) in [5.74, 6) is 0.964. The van der Waals surface area contributed by atoms with Crippen molar-refractivity contribution in [1.29, 1.82) is 0 Å². The highest BCUT2D eigenvalue weighted by Gasteiger charge is 2.34. The number of ether oxygens (including phenoxy) is 2. The van der Waals surface area contributed by atoms with E-state index >= 15 is 0 Å². The van der Waals surface area contributed by atoms with Crippen molar-refractivity contribution in [2.45, 2.75) is 58.8 Å². The number of amides is 1. The molecule has 2 aliphatic heterocycles. The summed E-state index contributed by atoms with van der Waals surface area (Å²) in [6.07, 6.45) is 1.83. The molecule has 2 fully saturated rings. The normalized spacial score (nSPS) is 18.7. The number of rotatable bonds is 3. The number of aromatic nitrogens is 1. The van der Waals surface area contributed by atoms with Crippen molar-refractivity contribution in [1.82, 2.24) is 9.88 Å². The van der Waals surface area contributed by atoms with E-state index in [1.165, 1.54) is 0 Å². The van der Waals surface area contributed by atoms with Crippen molar-refractivity contribution in [2.75, 3.05) is 49.1 Å². The lowest BCUT2D eigenvalue weighted by Crippen LogP contribution is -2.55. The number of halogens is 1. The molecule has 1 amide bonds. The summed E-state index contributed by atoms with van der Waals surface area (Å²) in [5.41, 5.74) is 0.504. The van der Waals surface area contributed by atoms with Crippen LogP contribution in [0.5, 0.6) is 0 Å². The Kier molecular flexibility index (Phi) is 6.34. The van der Waals surface area contributed by atoms with Crippen LogP contribution in [0.25, 0.3) is 0 Å². The Hall–Kier alpha value is -1.54.